The van der Waals surface area contributed by atoms with Gasteiger partial charge in [-0.3, -0.25) is 4.90 Å². The minimum atomic E-state index is -0.192. The van der Waals surface area contributed by atoms with Crippen molar-refractivity contribution in [3.8, 4) is 0 Å². The second-order valence-electron chi connectivity index (χ2n) is 3.91. The first kappa shape index (κ1) is 12.2. The fraction of sp³-hybridized carbons (Fsp3) is 0.889. The molecule has 15 heavy (non-hydrogen) atoms. The van der Waals surface area contributed by atoms with Crippen LogP contribution in [0.2, 0.25) is 0 Å². The number of aliphatic hydroxyl groups is 1. The predicted octanol–water partition coefficient (Wildman–Crippen LogP) is -0.797. The highest BCUT2D eigenvalue weighted by molar-refractivity contribution is 5.84. The number of aliphatic hydroxyl groups excluding tert-OH is 1. The Balaban J connectivity index is 2.61. The van der Waals surface area contributed by atoms with Crippen LogP contribution in [0.4, 0.5) is 0 Å². The largest absolute Gasteiger partial charge is 0.409 e. The summed E-state index contributed by atoms with van der Waals surface area (Å²) in [4.78, 5) is 2.03. The molecule has 0 aromatic rings. The third-order valence-electron chi connectivity index (χ3n) is 2.65. The zero-order valence-electron chi connectivity index (χ0n) is 9.13. The van der Waals surface area contributed by atoms with E-state index in [-0.39, 0.29) is 30.7 Å². The molecule has 0 radical (unpaired) electrons. The van der Waals surface area contributed by atoms with E-state index in [0.717, 1.165) is 0 Å². The fourth-order valence-corrected chi connectivity index (χ4v) is 1.77. The van der Waals surface area contributed by atoms with Gasteiger partial charge < -0.3 is 20.8 Å². The third-order valence-corrected chi connectivity index (χ3v) is 2.65. The van der Waals surface area contributed by atoms with E-state index < -0.39 is 0 Å². The molecule has 0 aromatic carbocycles. The molecule has 1 aliphatic heterocycles. The van der Waals surface area contributed by atoms with Gasteiger partial charge in [0.25, 0.3) is 0 Å². The lowest BCUT2D eigenvalue weighted by atomic mass is 10.1. The van der Waals surface area contributed by atoms with E-state index in [1.165, 1.54) is 0 Å². The van der Waals surface area contributed by atoms with Crippen LogP contribution in [0.15, 0.2) is 5.16 Å². The summed E-state index contributed by atoms with van der Waals surface area (Å²) >= 11 is 0. The summed E-state index contributed by atoms with van der Waals surface area (Å²) in [6.45, 7) is 5.10. The summed E-state index contributed by atoms with van der Waals surface area (Å²) in [5, 5.41) is 20.6. The molecule has 3 atom stereocenters. The number of oxime groups is 1. The minimum Gasteiger partial charge on any atom is -0.409 e. The smallest absolute Gasteiger partial charge is 0.156 e. The zero-order valence-corrected chi connectivity index (χ0v) is 9.13. The minimum absolute atomic E-state index is 0.0102. The van der Waals surface area contributed by atoms with Gasteiger partial charge in [-0.2, -0.15) is 0 Å². The van der Waals surface area contributed by atoms with Crippen molar-refractivity contribution < 1.29 is 15.1 Å². The standard InChI is InChI=1S/C9H19N3O3/c1-6-3-12(4-8(5-13)15-6)7(2)9(10)11-14/h6-8,13-14H,3-5H2,1-2H3,(H2,10,11). The molecule has 6 nitrogen and oxygen atoms in total. The van der Waals surface area contributed by atoms with Crippen molar-refractivity contribution in [2.75, 3.05) is 19.7 Å². The Morgan fingerprint density at radius 3 is 2.87 bits per heavy atom. The molecule has 3 unspecified atom stereocenters. The molecule has 1 aliphatic rings. The Morgan fingerprint density at radius 1 is 1.67 bits per heavy atom. The van der Waals surface area contributed by atoms with E-state index >= 15 is 0 Å². The molecular formula is C9H19N3O3. The first-order chi connectivity index (χ1) is 7.08. The molecule has 0 saturated carbocycles. The van der Waals surface area contributed by atoms with Gasteiger partial charge in [0.1, 0.15) is 0 Å². The quantitative estimate of drug-likeness (QED) is 0.249. The van der Waals surface area contributed by atoms with Gasteiger partial charge in [-0.25, -0.2) is 0 Å². The third kappa shape index (κ3) is 3.05. The van der Waals surface area contributed by atoms with E-state index in [9.17, 15) is 0 Å². The second-order valence-corrected chi connectivity index (χ2v) is 3.91. The number of hydrogen-bond acceptors (Lipinski definition) is 5. The van der Waals surface area contributed by atoms with Crippen molar-refractivity contribution >= 4 is 5.84 Å². The van der Waals surface area contributed by atoms with Crippen LogP contribution in [0.25, 0.3) is 0 Å². The highest BCUT2D eigenvalue weighted by Gasteiger charge is 2.29. The van der Waals surface area contributed by atoms with Crippen LogP contribution in [0.3, 0.4) is 0 Å². The summed E-state index contributed by atoms with van der Waals surface area (Å²) in [5.74, 6) is 0.181. The van der Waals surface area contributed by atoms with Gasteiger partial charge in [0, 0.05) is 13.1 Å². The van der Waals surface area contributed by atoms with Crippen LogP contribution in [-0.2, 0) is 4.74 Å². The molecule has 0 bridgehead atoms. The lowest BCUT2D eigenvalue weighted by Gasteiger charge is -2.38. The molecule has 1 rings (SSSR count). The highest BCUT2D eigenvalue weighted by atomic mass is 16.5. The molecule has 0 aromatic heterocycles. The predicted molar refractivity (Wildman–Crippen MR) is 55.9 cm³/mol. The van der Waals surface area contributed by atoms with E-state index in [1.807, 2.05) is 18.7 Å². The van der Waals surface area contributed by atoms with E-state index in [1.54, 1.807) is 0 Å². The average molecular weight is 217 g/mol. The molecule has 0 spiro atoms. The van der Waals surface area contributed by atoms with Crippen molar-refractivity contribution in [1.82, 2.24) is 4.90 Å². The van der Waals surface area contributed by atoms with Crippen LogP contribution in [0.5, 0.6) is 0 Å². The average Bonchev–Trinajstić information content (AvgIpc) is 2.26. The van der Waals surface area contributed by atoms with E-state index in [4.69, 9.17) is 20.8 Å². The Bertz CT molecular complexity index is 235. The number of nitrogens with two attached hydrogens (primary N) is 1. The van der Waals surface area contributed by atoms with Gasteiger partial charge in [0.15, 0.2) is 5.84 Å². The SMILES string of the molecule is CC1CN(C(C)C(N)=NO)CC(CO)O1. The number of morpholine rings is 1. The summed E-state index contributed by atoms with van der Waals surface area (Å²) in [6, 6.07) is -0.143. The summed E-state index contributed by atoms with van der Waals surface area (Å²) in [6.07, 6.45) is -0.146. The van der Waals surface area contributed by atoms with Crippen LogP contribution in [0.1, 0.15) is 13.8 Å². The van der Waals surface area contributed by atoms with Gasteiger partial charge in [0.2, 0.25) is 0 Å². The van der Waals surface area contributed by atoms with Crippen molar-refractivity contribution in [3.05, 3.63) is 0 Å². The highest BCUT2D eigenvalue weighted by Crippen LogP contribution is 2.13. The lowest BCUT2D eigenvalue weighted by molar-refractivity contribution is -0.0984. The fourth-order valence-electron chi connectivity index (χ4n) is 1.77. The van der Waals surface area contributed by atoms with Crippen LogP contribution < -0.4 is 5.73 Å². The molecule has 1 saturated heterocycles. The zero-order chi connectivity index (χ0) is 11.4. The maximum Gasteiger partial charge on any atom is 0.156 e. The Labute approximate surface area is 89.3 Å². The summed E-state index contributed by atoms with van der Waals surface area (Å²) in [7, 11) is 0. The normalized spacial score (nSPS) is 31.5. The van der Waals surface area contributed by atoms with Gasteiger partial charge in [-0.05, 0) is 13.8 Å². The monoisotopic (exact) mass is 217 g/mol. The van der Waals surface area contributed by atoms with Crippen LogP contribution in [0, 0.1) is 0 Å². The molecular weight excluding hydrogens is 198 g/mol. The van der Waals surface area contributed by atoms with Gasteiger partial charge in [-0.15, -0.1) is 0 Å². The molecule has 4 N–H and O–H groups in total. The van der Waals surface area contributed by atoms with Crippen molar-refractivity contribution in [3.63, 3.8) is 0 Å². The molecule has 6 heteroatoms. The number of hydrogen-bond donors (Lipinski definition) is 3. The van der Waals surface area contributed by atoms with Crippen molar-refractivity contribution in [1.29, 1.82) is 0 Å². The topological polar surface area (TPSA) is 91.3 Å². The summed E-state index contributed by atoms with van der Waals surface area (Å²) in [5.41, 5.74) is 5.53. The number of amidine groups is 1. The molecule has 88 valence electrons. The van der Waals surface area contributed by atoms with Crippen molar-refractivity contribution in [2.45, 2.75) is 32.1 Å². The van der Waals surface area contributed by atoms with Crippen molar-refractivity contribution in [2.24, 2.45) is 10.9 Å². The Kier molecular flexibility index (Phi) is 4.31. The maximum absolute atomic E-state index is 9.04. The van der Waals surface area contributed by atoms with Gasteiger partial charge in [0.05, 0.1) is 24.9 Å². The Morgan fingerprint density at radius 2 is 2.33 bits per heavy atom. The van der Waals surface area contributed by atoms with E-state index in [0.29, 0.717) is 13.1 Å². The lowest BCUT2D eigenvalue weighted by Crippen LogP contribution is -2.54. The maximum atomic E-state index is 9.04. The Hall–Kier alpha value is -0.850. The number of rotatable bonds is 3. The summed E-state index contributed by atoms with van der Waals surface area (Å²) < 4.78 is 5.49. The van der Waals surface area contributed by atoms with Crippen LogP contribution in [-0.4, -0.2) is 59.0 Å². The first-order valence-electron chi connectivity index (χ1n) is 5.06. The van der Waals surface area contributed by atoms with Gasteiger partial charge in [-0.1, -0.05) is 5.16 Å². The molecule has 0 amide bonds. The molecule has 0 aliphatic carbocycles. The number of ether oxygens (including phenoxy) is 1. The molecule has 1 heterocycles. The molecule has 1 fully saturated rings. The van der Waals surface area contributed by atoms with E-state index in [2.05, 4.69) is 5.16 Å². The van der Waals surface area contributed by atoms with Gasteiger partial charge >= 0.3 is 0 Å². The van der Waals surface area contributed by atoms with Crippen LogP contribution >= 0.6 is 0 Å². The number of nitrogens with zero attached hydrogens (tertiary/aromatic N) is 2. The first-order valence-corrected chi connectivity index (χ1v) is 5.06. The second kappa shape index (κ2) is 5.29.